The summed E-state index contributed by atoms with van der Waals surface area (Å²) in [5.41, 5.74) is 2.75. The molecule has 0 bridgehead atoms. The highest BCUT2D eigenvalue weighted by molar-refractivity contribution is 5.77. The monoisotopic (exact) mass is 308 g/mol. The van der Waals surface area contributed by atoms with Gasteiger partial charge in [-0.25, -0.2) is 9.97 Å². The molecule has 1 fully saturated rings. The summed E-state index contributed by atoms with van der Waals surface area (Å²) in [4.78, 5) is 9.30. The standard InChI is InChI=1S/C18H20N4O/c23-15-4-1-3-14(11-15)17-21-16-5-2-8-20-18(16)22(17)12-13-6-9-19-10-7-13/h1-5,8,11,13,19,23H,6-7,9-10,12H2. The molecule has 5 nitrogen and oxygen atoms in total. The van der Waals surface area contributed by atoms with E-state index in [0.717, 1.165) is 42.2 Å². The topological polar surface area (TPSA) is 63.0 Å². The molecular weight excluding hydrogens is 288 g/mol. The highest BCUT2D eigenvalue weighted by Crippen LogP contribution is 2.28. The van der Waals surface area contributed by atoms with Crippen LogP contribution >= 0.6 is 0 Å². The number of imidazole rings is 1. The first-order valence-electron chi connectivity index (χ1n) is 8.12. The first kappa shape index (κ1) is 14.2. The van der Waals surface area contributed by atoms with Gasteiger partial charge >= 0.3 is 0 Å². The summed E-state index contributed by atoms with van der Waals surface area (Å²) in [6, 6.07) is 11.2. The molecule has 3 heterocycles. The van der Waals surface area contributed by atoms with Gasteiger partial charge in [0.1, 0.15) is 17.1 Å². The number of benzene rings is 1. The van der Waals surface area contributed by atoms with E-state index in [1.807, 2.05) is 30.5 Å². The molecule has 1 saturated heterocycles. The lowest BCUT2D eigenvalue weighted by Gasteiger charge is -2.23. The third-order valence-electron chi connectivity index (χ3n) is 4.51. The lowest BCUT2D eigenvalue weighted by molar-refractivity contribution is 0.337. The van der Waals surface area contributed by atoms with Gasteiger partial charge in [-0.1, -0.05) is 12.1 Å². The van der Waals surface area contributed by atoms with Crippen molar-refractivity contribution in [3.05, 3.63) is 42.6 Å². The first-order valence-corrected chi connectivity index (χ1v) is 8.12. The molecule has 118 valence electrons. The molecule has 2 N–H and O–H groups in total. The highest BCUT2D eigenvalue weighted by atomic mass is 16.3. The van der Waals surface area contributed by atoms with Gasteiger partial charge in [0.05, 0.1) is 0 Å². The molecule has 23 heavy (non-hydrogen) atoms. The number of nitrogens with zero attached hydrogens (tertiary/aromatic N) is 3. The number of rotatable bonds is 3. The predicted octanol–water partition coefficient (Wildman–Crippen LogP) is 2.80. The largest absolute Gasteiger partial charge is 0.508 e. The minimum absolute atomic E-state index is 0.260. The molecule has 0 unspecified atom stereocenters. The van der Waals surface area contributed by atoms with Crippen LogP contribution in [-0.4, -0.2) is 32.7 Å². The summed E-state index contributed by atoms with van der Waals surface area (Å²) in [5, 5.41) is 13.2. The number of nitrogens with one attached hydrogen (secondary N) is 1. The number of aromatic nitrogens is 3. The van der Waals surface area contributed by atoms with Crippen LogP contribution in [0.2, 0.25) is 0 Å². The Morgan fingerprint density at radius 2 is 2.04 bits per heavy atom. The number of piperidine rings is 1. The summed E-state index contributed by atoms with van der Waals surface area (Å²) < 4.78 is 2.21. The molecule has 4 rings (SSSR count). The van der Waals surface area contributed by atoms with Crippen LogP contribution in [0.4, 0.5) is 0 Å². The number of phenolic OH excluding ortho intramolecular Hbond substituents is 1. The Morgan fingerprint density at radius 3 is 2.87 bits per heavy atom. The number of fused-ring (bicyclic) bond motifs is 1. The molecule has 0 amide bonds. The zero-order valence-electron chi connectivity index (χ0n) is 12.9. The Bertz CT molecular complexity index is 821. The summed E-state index contributed by atoms with van der Waals surface area (Å²) in [5.74, 6) is 1.77. The Labute approximate surface area is 135 Å². The van der Waals surface area contributed by atoms with Crippen LogP contribution in [0.5, 0.6) is 5.75 Å². The number of pyridine rings is 1. The molecule has 0 saturated carbocycles. The second kappa shape index (κ2) is 6.01. The minimum atomic E-state index is 0.260. The maximum atomic E-state index is 9.80. The van der Waals surface area contributed by atoms with Crippen LogP contribution in [0, 0.1) is 5.92 Å². The van der Waals surface area contributed by atoms with Gasteiger partial charge in [-0.15, -0.1) is 0 Å². The molecule has 0 spiro atoms. The lowest BCUT2D eigenvalue weighted by atomic mass is 9.98. The molecule has 0 radical (unpaired) electrons. The predicted molar refractivity (Wildman–Crippen MR) is 90.2 cm³/mol. The van der Waals surface area contributed by atoms with Gasteiger partial charge < -0.3 is 15.0 Å². The third-order valence-corrected chi connectivity index (χ3v) is 4.51. The van der Waals surface area contributed by atoms with E-state index >= 15 is 0 Å². The normalized spacial score (nSPS) is 16.0. The molecule has 0 aliphatic carbocycles. The highest BCUT2D eigenvalue weighted by Gasteiger charge is 2.19. The van der Waals surface area contributed by atoms with Crippen LogP contribution in [0.1, 0.15) is 12.8 Å². The van der Waals surface area contributed by atoms with E-state index in [2.05, 4.69) is 14.9 Å². The fourth-order valence-corrected chi connectivity index (χ4v) is 3.32. The van der Waals surface area contributed by atoms with Gasteiger partial charge in [0.25, 0.3) is 0 Å². The van der Waals surface area contributed by atoms with Crippen molar-refractivity contribution in [2.75, 3.05) is 13.1 Å². The average molecular weight is 308 g/mol. The molecule has 2 aromatic heterocycles. The van der Waals surface area contributed by atoms with Gasteiger partial charge in [0.15, 0.2) is 5.65 Å². The molecule has 5 heteroatoms. The van der Waals surface area contributed by atoms with Crippen molar-refractivity contribution >= 4 is 11.2 Å². The van der Waals surface area contributed by atoms with Gasteiger partial charge in [0.2, 0.25) is 0 Å². The number of hydrogen-bond acceptors (Lipinski definition) is 4. The van der Waals surface area contributed by atoms with Gasteiger partial charge in [-0.2, -0.15) is 0 Å². The first-order chi connectivity index (χ1) is 11.3. The van der Waals surface area contributed by atoms with Crippen molar-refractivity contribution < 1.29 is 5.11 Å². The fourth-order valence-electron chi connectivity index (χ4n) is 3.32. The Balaban J connectivity index is 1.80. The smallest absolute Gasteiger partial charge is 0.160 e. The minimum Gasteiger partial charge on any atom is -0.508 e. The van der Waals surface area contributed by atoms with E-state index in [-0.39, 0.29) is 5.75 Å². The molecular formula is C18H20N4O. The second-order valence-electron chi connectivity index (χ2n) is 6.14. The Hall–Kier alpha value is -2.40. The number of phenols is 1. The van der Waals surface area contributed by atoms with Crippen LogP contribution in [-0.2, 0) is 6.54 Å². The van der Waals surface area contributed by atoms with Crippen molar-refractivity contribution in [2.24, 2.45) is 5.92 Å². The van der Waals surface area contributed by atoms with Crippen molar-refractivity contribution in [1.29, 1.82) is 0 Å². The fraction of sp³-hybridized carbons (Fsp3) is 0.333. The molecule has 1 aliphatic heterocycles. The summed E-state index contributed by atoms with van der Waals surface area (Å²) in [6.07, 6.45) is 4.16. The van der Waals surface area contributed by atoms with Crippen LogP contribution in [0.15, 0.2) is 42.6 Å². The van der Waals surface area contributed by atoms with Crippen LogP contribution < -0.4 is 5.32 Å². The van der Waals surface area contributed by atoms with Crippen LogP contribution in [0.3, 0.4) is 0 Å². The zero-order chi connectivity index (χ0) is 15.6. The second-order valence-corrected chi connectivity index (χ2v) is 6.14. The average Bonchev–Trinajstić information content (AvgIpc) is 2.95. The van der Waals surface area contributed by atoms with Crippen molar-refractivity contribution in [1.82, 2.24) is 19.9 Å². The molecule has 1 aromatic carbocycles. The van der Waals surface area contributed by atoms with E-state index < -0.39 is 0 Å². The zero-order valence-corrected chi connectivity index (χ0v) is 12.9. The Kier molecular flexibility index (Phi) is 3.71. The third kappa shape index (κ3) is 2.80. The van der Waals surface area contributed by atoms with Gasteiger partial charge in [0, 0.05) is 18.3 Å². The van der Waals surface area contributed by atoms with E-state index in [1.165, 1.54) is 12.8 Å². The summed E-state index contributed by atoms with van der Waals surface area (Å²) in [6.45, 7) is 3.07. The van der Waals surface area contributed by atoms with E-state index in [9.17, 15) is 5.11 Å². The summed E-state index contributed by atoms with van der Waals surface area (Å²) in [7, 11) is 0. The SMILES string of the molecule is Oc1cccc(-c2nc3cccnc3n2CC2CCNCC2)c1. The van der Waals surface area contributed by atoms with E-state index in [1.54, 1.807) is 12.1 Å². The van der Waals surface area contributed by atoms with Crippen molar-refractivity contribution in [3.8, 4) is 17.1 Å². The Morgan fingerprint density at radius 1 is 1.17 bits per heavy atom. The molecule has 3 aromatic rings. The number of hydrogen-bond donors (Lipinski definition) is 2. The van der Waals surface area contributed by atoms with E-state index in [0.29, 0.717) is 5.92 Å². The van der Waals surface area contributed by atoms with Gasteiger partial charge in [-0.3, -0.25) is 0 Å². The summed E-state index contributed by atoms with van der Waals surface area (Å²) >= 11 is 0. The van der Waals surface area contributed by atoms with Crippen molar-refractivity contribution in [2.45, 2.75) is 19.4 Å². The number of aromatic hydroxyl groups is 1. The quantitative estimate of drug-likeness (QED) is 0.781. The molecule has 1 aliphatic rings. The van der Waals surface area contributed by atoms with Crippen LogP contribution in [0.25, 0.3) is 22.6 Å². The lowest BCUT2D eigenvalue weighted by Crippen LogP contribution is -2.30. The van der Waals surface area contributed by atoms with Crippen molar-refractivity contribution in [3.63, 3.8) is 0 Å². The maximum absolute atomic E-state index is 9.80. The maximum Gasteiger partial charge on any atom is 0.160 e. The van der Waals surface area contributed by atoms with E-state index in [4.69, 9.17) is 4.98 Å². The van der Waals surface area contributed by atoms with Gasteiger partial charge in [-0.05, 0) is 56.1 Å². The molecule has 0 atom stereocenters.